The number of nitriles is 1. The Hall–Kier alpha value is -2.14. The molecule has 4 nitrogen and oxygen atoms in total. The van der Waals surface area contributed by atoms with E-state index in [4.69, 9.17) is 5.26 Å². The van der Waals surface area contributed by atoms with Crippen molar-refractivity contribution in [2.24, 2.45) is 0 Å². The van der Waals surface area contributed by atoms with Crippen LogP contribution in [0.15, 0.2) is 41.1 Å². The predicted molar refractivity (Wildman–Crippen MR) is 110 cm³/mol. The predicted octanol–water partition coefficient (Wildman–Crippen LogP) is 4.71. The Labute approximate surface area is 164 Å². The van der Waals surface area contributed by atoms with E-state index in [1.54, 1.807) is 23.1 Å². The fourth-order valence-corrected chi connectivity index (χ4v) is 4.93. The Kier molecular flexibility index (Phi) is 6.45. The zero-order valence-electron chi connectivity index (χ0n) is 14.2. The lowest BCUT2D eigenvalue weighted by Gasteiger charge is -2.05. The Morgan fingerprint density at radius 3 is 2.96 bits per heavy atom. The van der Waals surface area contributed by atoms with Gasteiger partial charge in [-0.1, -0.05) is 18.2 Å². The number of nitrogens with zero attached hydrogens (tertiary/aromatic N) is 2. The lowest BCUT2D eigenvalue weighted by molar-refractivity contribution is 0.0959. The molecule has 0 atom stereocenters. The second-order valence-corrected chi connectivity index (χ2v) is 8.41. The van der Waals surface area contributed by atoms with Crippen LogP contribution in [0.2, 0.25) is 0 Å². The maximum atomic E-state index is 12.4. The Bertz CT molecular complexity index is 926. The number of aromatic nitrogens is 1. The minimum absolute atomic E-state index is 0.0699. The number of aryl methyl sites for hydroxylation is 1. The average Bonchev–Trinajstić information content (AvgIpc) is 3.31. The van der Waals surface area contributed by atoms with Crippen LogP contribution in [0.3, 0.4) is 0 Å². The number of thioether (sulfide) groups is 1. The molecule has 0 saturated carbocycles. The molecular formula is C19H17N3OS3. The number of rotatable bonds is 7. The summed E-state index contributed by atoms with van der Waals surface area (Å²) in [5, 5.41) is 17.0. The zero-order chi connectivity index (χ0) is 18.4. The second kappa shape index (κ2) is 8.99. The third-order valence-corrected chi connectivity index (χ3v) is 6.59. The van der Waals surface area contributed by atoms with E-state index in [9.17, 15) is 4.79 Å². The van der Waals surface area contributed by atoms with E-state index in [-0.39, 0.29) is 5.91 Å². The summed E-state index contributed by atoms with van der Waals surface area (Å²) in [6.45, 7) is 2.46. The molecule has 2 heterocycles. The van der Waals surface area contributed by atoms with Crippen molar-refractivity contribution >= 4 is 40.3 Å². The van der Waals surface area contributed by atoms with Crippen molar-refractivity contribution in [1.82, 2.24) is 10.3 Å². The molecule has 0 unspecified atom stereocenters. The third kappa shape index (κ3) is 4.52. The van der Waals surface area contributed by atoms with Crippen LogP contribution in [0.5, 0.6) is 0 Å². The van der Waals surface area contributed by atoms with Crippen molar-refractivity contribution in [3.8, 4) is 16.6 Å². The lowest BCUT2D eigenvalue weighted by Crippen LogP contribution is -2.25. The van der Waals surface area contributed by atoms with Crippen molar-refractivity contribution in [3.05, 3.63) is 62.8 Å². The van der Waals surface area contributed by atoms with Gasteiger partial charge in [0, 0.05) is 29.0 Å². The van der Waals surface area contributed by atoms with Gasteiger partial charge in [-0.3, -0.25) is 4.79 Å². The lowest BCUT2D eigenvalue weighted by atomic mass is 10.1. The molecule has 26 heavy (non-hydrogen) atoms. The summed E-state index contributed by atoms with van der Waals surface area (Å²) in [5.41, 5.74) is 3.58. The van der Waals surface area contributed by atoms with Crippen LogP contribution in [0.4, 0.5) is 0 Å². The van der Waals surface area contributed by atoms with Gasteiger partial charge in [-0.25, -0.2) is 4.98 Å². The van der Waals surface area contributed by atoms with Crippen LogP contribution in [0.1, 0.15) is 26.5 Å². The molecule has 3 aromatic rings. The number of carbonyl (C=O) groups is 1. The molecule has 0 bridgehead atoms. The molecule has 1 N–H and O–H groups in total. The Morgan fingerprint density at radius 1 is 1.35 bits per heavy atom. The van der Waals surface area contributed by atoms with Crippen LogP contribution in [0.25, 0.3) is 10.6 Å². The quantitative estimate of drug-likeness (QED) is 0.584. The van der Waals surface area contributed by atoms with Crippen molar-refractivity contribution < 1.29 is 4.79 Å². The van der Waals surface area contributed by atoms with Crippen LogP contribution >= 0.6 is 34.4 Å². The largest absolute Gasteiger partial charge is 0.350 e. The monoisotopic (exact) mass is 399 g/mol. The first-order valence-electron chi connectivity index (χ1n) is 8.03. The molecule has 0 spiro atoms. The normalized spacial score (nSPS) is 10.5. The number of benzene rings is 1. The molecule has 0 radical (unpaired) electrons. The minimum Gasteiger partial charge on any atom is -0.350 e. The van der Waals surface area contributed by atoms with Crippen LogP contribution < -0.4 is 5.32 Å². The third-order valence-electron chi connectivity index (χ3n) is 3.70. The average molecular weight is 400 g/mol. The summed E-state index contributed by atoms with van der Waals surface area (Å²) in [7, 11) is 0. The van der Waals surface area contributed by atoms with Crippen LogP contribution in [-0.4, -0.2) is 23.2 Å². The van der Waals surface area contributed by atoms with E-state index in [0.29, 0.717) is 17.0 Å². The van der Waals surface area contributed by atoms with Gasteiger partial charge in [-0.2, -0.15) is 28.4 Å². The summed E-state index contributed by atoms with van der Waals surface area (Å²) >= 11 is 4.76. The van der Waals surface area contributed by atoms with E-state index in [1.165, 1.54) is 11.3 Å². The smallest absolute Gasteiger partial charge is 0.263 e. The molecule has 0 saturated heterocycles. The zero-order valence-corrected chi connectivity index (χ0v) is 16.6. The first-order chi connectivity index (χ1) is 12.7. The number of nitrogens with one attached hydrogen (secondary N) is 1. The van der Waals surface area contributed by atoms with E-state index < -0.39 is 0 Å². The Balaban J connectivity index is 1.48. The van der Waals surface area contributed by atoms with Gasteiger partial charge in [0.15, 0.2) is 0 Å². The van der Waals surface area contributed by atoms with Crippen LogP contribution in [0, 0.1) is 18.3 Å². The standard InChI is InChI=1S/C19H17N3OS3/c1-13-17(26-19(22-13)16-6-8-24-12-16)18(23)21-7-9-25-11-15-5-3-2-4-14(15)10-20/h2-6,8,12H,7,9,11H2,1H3,(H,21,23). The highest BCUT2D eigenvalue weighted by atomic mass is 32.2. The highest BCUT2D eigenvalue weighted by Crippen LogP contribution is 2.29. The number of thiophene rings is 1. The summed E-state index contributed by atoms with van der Waals surface area (Å²) < 4.78 is 0. The van der Waals surface area contributed by atoms with E-state index in [1.807, 2.05) is 48.0 Å². The number of amides is 1. The van der Waals surface area contributed by atoms with Crippen molar-refractivity contribution in [3.63, 3.8) is 0 Å². The summed E-state index contributed by atoms with van der Waals surface area (Å²) in [6, 6.07) is 11.8. The first-order valence-corrected chi connectivity index (χ1v) is 10.9. The minimum atomic E-state index is -0.0699. The number of hydrogen-bond donors (Lipinski definition) is 1. The maximum absolute atomic E-state index is 12.4. The van der Waals surface area contributed by atoms with Crippen LogP contribution in [-0.2, 0) is 5.75 Å². The highest BCUT2D eigenvalue weighted by Gasteiger charge is 2.16. The number of thiazole rings is 1. The topological polar surface area (TPSA) is 65.8 Å². The first kappa shape index (κ1) is 18.6. The van der Waals surface area contributed by atoms with Gasteiger partial charge in [0.25, 0.3) is 5.91 Å². The van der Waals surface area contributed by atoms with E-state index in [0.717, 1.165) is 33.3 Å². The molecule has 0 aliphatic rings. The molecule has 7 heteroatoms. The molecule has 0 aliphatic heterocycles. The molecule has 3 rings (SSSR count). The van der Waals surface area contributed by atoms with Crippen molar-refractivity contribution in [2.45, 2.75) is 12.7 Å². The van der Waals surface area contributed by atoms with Gasteiger partial charge in [-0.15, -0.1) is 11.3 Å². The molecule has 0 fully saturated rings. The fraction of sp³-hybridized carbons (Fsp3) is 0.211. The second-order valence-electron chi connectivity index (χ2n) is 5.52. The molecule has 0 aliphatic carbocycles. The van der Waals surface area contributed by atoms with Crippen molar-refractivity contribution in [2.75, 3.05) is 12.3 Å². The number of carbonyl (C=O) groups excluding carboxylic acids is 1. The maximum Gasteiger partial charge on any atom is 0.263 e. The van der Waals surface area contributed by atoms with E-state index >= 15 is 0 Å². The van der Waals surface area contributed by atoms with Gasteiger partial charge in [-0.05, 0) is 30.0 Å². The van der Waals surface area contributed by atoms with Gasteiger partial charge >= 0.3 is 0 Å². The fourth-order valence-electron chi connectivity index (χ4n) is 2.37. The molecule has 1 amide bonds. The van der Waals surface area contributed by atoms with Gasteiger partial charge in [0.05, 0.1) is 17.3 Å². The van der Waals surface area contributed by atoms with Crippen molar-refractivity contribution in [1.29, 1.82) is 5.26 Å². The summed E-state index contributed by atoms with van der Waals surface area (Å²) in [4.78, 5) is 17.6. The molecule has 2 aromatic heterocycles. The molecular weight excluding hydrogens is 382 g/mol. The Morgan fingerprint density at radius 2 is 2.19 bits per heavy atom. The molecule has 1 aromatic carbocycles. The summed E-state index contributed by atoms with van der Waals surface area (Å²) in [6.07, 6.45) is 0. The molecule has 132 valence electrons. The highest BCUT2D eigenvalue weighted by molar-refractivity contribution is 7.98. The number of hydrogen-bond acceptors (Lipinski definition) is 6. The summed E-state index contributed by atoms with van der Waals surface area (Å²) in [5.74, 6) is 1.49. The SMILES string of the molecule is Cc1nc(-c2ccsc2)sc1C(=O)NCCSCc1ccccc1C#N. The van der Waals surface area contributed by atoms with E-state index in [2.05, 4.69) is 16.4 Å². The van der Waals surface area contributed by atoms with Gasteiger partial charge in [0.2, 0.25) is 0 Å². The van der Waals surface area contributed by atoms with Gasteiger partial charge < -0.3 is 5.32 Å². The van der Waals surface area contributed by atoms with Gasteiger partial charge in [0.1, 0.15) is 9.88 Å².